The summed E-state index contributed by atoms with van der Waals surface area (Å²) in [5.41, 5.74) is 0.0961. The lowest BCUT2D eigenvalue weighted by Crippen LogP contribution is -2.41. The first-order valence-corrected chi connectivity index (χ1v) is 8.96. The molecule has 0 radical (unpaired) electrons. The number of thioether (sulfide) groups is 1. The quantitative estimate of drug-likeness (QED) is 0.530. The van der Waals surface area contributed by atoms with Gasteiger partial charge in [-0.1, -0.05) is 11.8 Å². The van der Waals surface area contributed by atoms with E-state index in [4.69, 9.17) is 4.74 Å². The summed E-state index contributed by atoms with van der Waals surface area (Å²) >= 11 is 1.17. The number of rotatable bonds is 6. The highest BCUT2D eigenvalue weighted by molar-refractivity contribution is 7.99. The molecule has 1 saturated carbocycles. The fraction of sp³-hybridized carbons (Fsp3) is 0.600. The van der Waals surface area contributed by atoms with E-state index in [1.165, 1.54) is 17.8 Å². The molecule has 2 aliphatic rings. The molecule has 0 bridgehead atoms. The molecule has 8 nitrogen and oxygen atoms in total. The topological polar surface area (TPSA) is 104 Å². The fourth-order valence-corrected chi connectivity index (χ4v) is 3.14. The van der Waals surface area contributed by atoms with E-state index < -0.39 is 0 Å². The number of hydrogen-bond acceptors (Lipinski definition) is 6. The lowest BCUT2D eigenvalue weighted by molar-refractivity contribution is -0.132. The lowest BCUT2D eigenvalue weighted by Gasteiger charge is -2.26. The number of morpholine rings is 1. The minimum absolute atomic E-state index is 0.0113. The highest BCUT2D eigenvalue weighted by Crippen LogP contribution is 2.18. The zero-order valence-corrected chi connectivity index (χ0v) is 14.1. The van der Waals surface area contributed by atoms with Gasteiger partial charge in [0, 0.05) is 25.2 Å². The van der Waals surface area contributed by atoms with Crippen LogP contribution in [0.25, 0.3) is 0 Å². The Hall–Kier alpha value is -1.87. The van der Waals surface area contributed by atoms with Gasteiger partial charge in [-0.2, -0.15) is 0 Å². The number of aromatic amines is 1. The number of H-pyrrole nitrogens is 1. The van der Waals surface area contributed by atoms with Gasteiger partial charge in [0.25, 0.3) is 5.56 Å². The van der Waals surface area contributed by atoms with Crippen molar-refractivity contribution >= 4 is 23.6 Å². The molecule has 0 spiro atoms. The Labute approximate surface area is 143 Å². The summed E-state index contributed by atoms with van der Waals surface area (Å²) in [5.74, 6) is 0.0551. The maximum absolute atomic E-state index is 12.1. The molecule has 24 heavy (non-hydrogen) atoms. The molecule has 9 heteroatoms. The molecule has 1 saturated heterocycles. The number of nitrogens with one attached hydrogen (secondary N) is 2. The third-order valence-corrected chi connectivity index (χ3v) is 4.61. The molecule has 1 aromatic heterocycles. The smallest absolute Gasteiger partial charge is 0.251 e. The van der Waals surface area contributed by atoms with Crippen molar-refractivity contribution in [3.8, 4) is 0 Å². The molecule has 1 aliphatic carbocycles. The second kappa shape index (κ2) is 7.80. The van der Waals surface area contributed by atoms with Crippen molar-refractivity contribution < 1.29 is 14.3 Å². The highest BCUT2D eigenvalue weighted by atomic mass is 32.2. The molecule has 1 aromatic rings. The first-order valence-electron chi connectivity index (χ1n) is 7.98. The molecule has 2 N–H and O–H groups in total. The summed E-state index contributed by atoms with van der Waals surface area (Å²) in [6, 6.07) is 1.60. The van der Waals surface area contributed by atoms with Crippen molar-refractivity contribution in [2.24, 2.45) is 0 Å². The molecule has 2 fully saturated rings. The number of aromatic nitrogens is 2. The van der Waals surface area contributed by atoms with Gasteiger partial charge in [0.15, 0.2) is 5.16 Å². The minimum atomic E-state index is -0.319. The van der Waals surface area contributed by atoms with Crippen LogP contribution in [-0.4, -0.2) is 64.8 Å². The molecule has 0 atom stereocenters. The van der Waals surface area contributed by atoms with Crippen LogP contribution in [0.1, 0.15) is 18.5 Å². The van der Waals surface area contributed by atoms with Crippen molar-refractivity contribution in [3.05, 3.63) is 22.1 Å². The van der Waals surface area contributed by atoms with Gasteiger partial charge in [-0.05, 0) is 12.8 Å². The van der Waals surface area contributed by atoms with Crippen LogP contribution in [0.2, 0.25) is 0 Å². The van der Waals surface area contributed by atoms with Gasteiger partial charge in [0.05, 0.1) is 31.1 Å². The molecular formula is C15H20N4O4S. The Bertz CT molecular complexity index is 668. The van der Waals surface area contributed by atoms with E-state index in [9.17, 15) is 14.4 Å². The molecule has 130 valence electrons. The Morgan fingerprint density at radius 2 is 2.12 bits per heavy atom. The molecule has 0 unspecified atom stereocenters. The average Bonchev–Trinajstić information content (AvgIpc) is 3.36. The van der Waals surface area contributed by atoms with Gasteiger partial charge in [0.1, 0.15) is 0 Å². The maximum atomic E-state index is 12.1. The van der Waals surface area contributed by atoms with E-state index in [0.717, 1.165) is 12.8 Å². The summed E-state index contributed by atoms with van der Waals surface area (Å²) in [7, 11) is 0. The van der Waals surface area contributed by atoms with Crippen molar-refractivity contribution in [1.82, 2.24) is 20.2 Å². The van der Waals surface area contributed by atoms with Crippen LogP contribution in [0.5, 0.6) is 0 Å². The van der Waals surface area contributed by atoms with E-state index in [-0.39, 0.29) is 35.6 Å². The normalized spacial score (nSPS) is 17.6. The van der Waals surface area contributed by atoms with Crippen LogP contribution in [0.4, 0.5) is 0 Å². The zero-order valence-electron chi connectivity index (χ0n) is 13.2. The number of hydrogen-bond donors (Lipinski definition) is 2. The number of amides is 2. The van der Waals surface area contributed by atoms with Crippen LogP contribution in [0.3, 0.4) is 0 Å². The average molecular weight is 352 g/mol. The third-order valence-electron chi connectivity index (χ3n) is 3.75. The van der Waals surface area contributed by atoms with E-state index in [1.807, 2.05) is 0 Å². The summed E-state index contributed by atoms with van der Waals surface area (Å²) < 4.78 is 5.21. The lowest BCUT2D eigenvalue weighted by atomic mass is 10.3. The summed E-state index contributed by atoms with van der Waals surface area (Å²) in [6.07, 6.45) is 2.10. The number of ether oxygens (including phenoxy) is 1. The van der Waals surface area contributed by atoms with Crippen molar-refractivity contribution in [1.29, 1.82) is 0 Å². The van der Waals surface area contributed by atoms with E-state index in [2.05, 4.69) is 15.3 Å². The van der Waals surface area contributed by atoms with Crippen molar-refractivity contribution in [2.45, 2.75) is 30.5 Å². The Kier molecular flexibility index (Phi) is 5.52. The summed E-state index contributed by atoms with van der Waals surface area (Å²) in [4.78, 5) is 44.3. The first kappa shape index (κ1) is 17.0. The van der Waals surface area contributed by atoms with Crippen LogP contribution >= 0.6 is 11.8 Å². The number of carbonyl (C=O) groups is 2. The summed E-state index contributed by atoms with van der Waals surface area (Å²) in [6.45, 7) is 2.28. The van der Waals surface area contributed by atoms with Crippen LogP contribution in [0, 0.1) is 0 Å². The monoisotopic (exact) mass is 352 g/mol. The summed E-state index contributed by atoms with van der Waals surface area (Å²) in [5, 5.41) is 3.22. The molecule has 3 rings (SSSR count). The van der Waals surface area contributed by atoms with E-state index >= 15 is 0 Å². The first-order chi connectivity index (χ1) is 11.6. The standard InChI is InChI=1S/C15H20N4O4S/c20-12(16-10-1-2-10)7-11-8-13(21)18-15(17-11)24-9-14(22)19-3-5-23-6-4-19/h8,10H,1-7,9H2,(H,16,20)(H,17,18,21). The van der Waals surface area contributed by atoms with Crippen molar-refractivity contribution in [2.75, 3.05) is 32.1 Å². The highest BCUT2D eigenvalue weighted by Gasteiger charge is 2.23. The second-order valence-electron chi connectivity index (χ2n) is 5.84. The van der Waals surface area contributed by atoms with Crippen LogP contribution < -0.4 is 10.9 Å². The second-order valence-corrected chi connectivity index (χ2v) is 6.81. The zero-order chi connectivity index (χ0) is 16.9. The molecule has 0 aromatic carbocycles. The van der Waals surface area contributed by atoms with E-state index in [1.54, 1.807) is 4.90 Å². The third kappa shape index (κ3) is 5.07. The minimum Gasteiger partial charge on any atom is -0.378 e. The molecule has 2 heterocycles. The van der Waals surface area contributed by atoms with E-state index in [0.29, 0.717) is 37.2 Å². The molecule has 2 amide bonds. The number of nitrogens with zero attached hydrogens (tertiary/aromatic N) is 2. The van der Waals surface area contributed by atoms with Gasteiger partial charge in [-0.25, -0.2) is 4.98 Å². The van der Waals surface area contributed by atoms with Gasteiger partial charge >= 0.3 is 0 Å². The van der Waals surface area contributed by atoms with Crippen molar-refractivity contribution in [3.63, 3.8) is 0 Å². The maximum Gasteiger partial charge on any atom is 0.251 e. The molecule has 1 aliphatic heterocycles. The molecular weight excluding hydrogens is 332 g/mol. The van der Waals surface area contributed by atoms with Gasteiger partial charge in [0.2, 0.25) is 11.8 Å². The predicted octanol–water partition coefficient (Wildman–Crippen LogP) is -0.458. The Morgan fingerprint density at radius 3 is 2.83 bits per heavy atom. The van der Waals surface area contributed by atoms with Gasteiger partial charge < -0.3 is 19.9 Å². The van der Waals surface area contributed by atoms with Gasteiger partial charge in [-0.15, -0.1) is 0 Å². The largest absolute Gasteiger partial charge is 0.378 e. The Morgan fingerprint density at radius 1 is 1.38 bits per heavy atom. The predicted molar refractivity (Wildman–Crippen MR) is 87.8 cm³/mol. The van der Waals surface area contributed by atoms with Gasteiger partial charge in [-0.3, -0.25) is 14.4 Å². The number of carbonyl (C=O) groups excluding carboxylic acids is 2. The fourth-order valence-electron chi connectivity index (χ4n) is 2.35. The SMILES string of the molecule is O=C(Cc1cc(=O)[nH]c(SCC(=O)N2CCOCC2)n1)NC1CC1. The van der Waals surface area contributed by atoms with Crippen LogP contribution in [0.15, 0.2) is 16.0 Å². The van der Waals surface area contributed by atoms with Crippen LogP contribution in [-0.2, 0) is 20.7 Å². The Balaban J connectivity index is 1.55.